The van der Waals surface area contributed by atoms with Crippen LogP contribution in [-0.2, 0) is 0 Å². The van der Waals surface area contributed by atoms with Crippen LogP contribution in [0.5, 0.6) is 11.5 Å². The number of ether oxygens (including phenoxy) is 2. The fourth-order valence-electron chi connectivity index (χ4n) is 2.43. The molecular weight excluding hydrogens is 364 g/mol. The zero-order valence-electron chi connectivity index (χ0n) is 15.5. The molecule has 3 rings (SSSR count). The van der Waals surface area contributed by atoms with Gasteiger partial charge in [0.2, 0.25) is 5.16 Å². The fraction of sp³-hybridized carbons (Fsp3) is 0.316. The molecule has 0 aliphatic rings. The van der Waals surface area contributed by atoms with Crippen molar-refractivity contribution in [3.63, 3.8) is 0 Å². The van der Waals surface area contributed by atoms with Crippen LogP contribution in [0.3, 0.4) is 0 Å². The number of hydrogen-bond acceptors (Lipinski definition) is 7. The SMILES string of the molecule is COc1ccc(C)cc1-n1nnnc1SC[C@@H](O)COc1ccc(C)cc1. The normalized spacial score (nSPS) is 12.0. The molecule has 0 fully saturated rings. The highest BCUT2D eigenvalue weighted by Gasteiger charge is 2.16. The van der Waals surface area contributed by atoms with Crippen LogP contribution in [0, 0.1) is 13.8 Å². The predicted molar refractivity (Wildman–Crippen MR) is 104 cm³/mol. The number of rotatable bonds is 8. The van der Waals surface area contributed by atoms with E-state index in [9.17, 15) is 5.11 Å². The summed E-state index contributed by atoms with van der Waals surface area (Å²) in [5, 5.41) is 22.7. The molecule has 0 spiro atoms. The van der Waals surface area contributed by atoms with Gasteiger partial charge in [-0.2, -0.15) is 4.68 Å². The maximum Gasteiger partial charge on any atom is 0.214 e. The molecule has 8 heteroatoms. The Balaban J connectivity index is 1.61. The molecule has 7 nitrogen and oxygen atoms in total. The van der Waals surface area contributed by atoms with Crippen LogP contribution in [0.4, 0.5) is 0 Å². The van der Waals surface area contributed by atoms with Gasteiger partial charge in [-0.05, 0) is 54.1 Å². The van der Waals surface area contributed by atoms with Crippen LogP contribution in [0.1, 0.15) is 11.1 Å². The van der Waals surface area contributed by atoms with Gasteiger partial charge in [0.1, 0.15) is 23.8 Å². The molecule has 0 radical (unpaired) electrons. The standard InChI is InChI=1S/C19H22N4O3S/c1-13-4-7-16(8-5-13)26-11-15(24)12-27-19-20-21-22-23(19)17-10-14(2)6-9-18(17)25-3/h4-10,15,24H,11-12H2,1-3H3/t15-/m0/s1. The van der Waals surface area contributed by atoms with Crippen LogP contribution in [0.15, 0.2) is 47.6 Å². The summed E-state index contributed by atoms with van der Waals surface area (Å²) in [6.45, 7) is 4.21. The van der Waals surface area contributed by atoms with Crippen LogP contribution in [0.25, 0.3) is 5.69 Å². The summed E-state index contributed by atoms with van der Waals surface area (Å²) in [6.07, 6.45) is -0.652. The van der Waals surface area contributed by atoms with Gasteiger partial charge >= 0.3 is 0 Å². The third-order valence-electron chi connectivity index (χ3n) is 3.87. The van der Waals surface area contributed by atoms with Crippen molar-refractivity contribution in [2.24, 2.45) is 0 Å². The molecule has 3 aromatic rings. The zero-order chi connectivity index (χ0) is 19.2. The van der Waals surface area contributed by atoms with Gasteiger partial charge in [-0.15, -0.1) is 5.10 Å². The van der Waals surface area contributed by atoms with E-state index in [0.29, 0.717) is 16.7 Å². The number of aliphatic hydroxyl groups excluding tert-OH is 1. The highest BCUT2D eigenvalue weighted by Crippen LogP contribution is 2.27. The number of thioether (sulfide) groups is 1. The molecule has 0 aliphatic heterocycles. The zero-order valence-corrected chi connectivity index (χ0v) is 16.3. The number of methoxy groups -OCH3 is 1. The lowest BCUT2D eigenvalue weighted by Gasteiger charge is -2.13. The molecular formula is C19H22N4O3S. The molecule has 0 aliphatic carbocycles. The first-order chi connectivity index (χ1) is 13.1. The Labute approximate surface area is 162 Å². The topological polar surface area (TPSA) is 82.3 Å². The van der Waals surface area contributed by atoms with E-state index in [1.165, 1.54) is 11.8 Å². The summed E-state index contributed by atoms with van der Waals surface area (Å²) >= 11 is 1.36. The van der Waals surface area contributed by atoms with Gasteiger partial charge in [0.25, 0.3) is 0 Å². The molecule has 0 amide bonds. The van der Waals surface area contributed by atoms with Crippen molar-refractivity contribution in [2.45, 2.75) is 25.1 Å². The minimum atomic E-state index is -0.652. The van der Waals surface area contributed by atoms with Gasteiger partial charge in [0.05, 0.1) is 13.2 Å². The second-order valence-electron chi connectivity index (χ2n) is 6.14. The first-order valence-electron chi connectivity index (χ1n) is 8.50. The maximum absolute atomic E-state index is 10.2. The van der Waals surface area contributed by atoms with E-state index in [0.717, 1.165) is 22.6 Å². The fourth-order valence-corrected chi connectivity index (χ4v) is 3.22. The maximum atomic E-state index is 10.2. The molecule has 2 aromatic carbocycles. The largest absolute Gasteiger partial charge is 0.494 e. The number of nitrogens with zero attached hydrogens (tertiary/aromatic N) is 4. The van der Waals surface area contributed by atoms with E-state index in [4.69, 9.17) is 9.47 Å². The number of aromatic nitrogens is 4. The lowest BCUT2D eigenvalue weighted by molar-refractivity contribution is 0.126. The Morgan fingerprint density at radius 1 is 1.11 bits per heavy atom. The molecule has 27 heavy (non-hydrogen) atoms. The van der Waals surface area contributed by atoms with Gasteiger partial charge in [-0.1, -0.05) is 35.5 Å². The monoisotopic (exact) mass is 386 g/mol. The molecule has 0 saturated carbocycles. The third kappa shape index (κ3) is 4.99. The van der Waals surface area contributed by atoms with Gasteiger partial charge in [-0.3, -0.25) is 0 Å². The molecule has 1 heterocycles. The van der Waals surface area contributed by atoms with Gasteiger partial charge < -0.3 is 14.6 Å². The average molecular weight is 386 g/mol. The van der Waals surface area contributed by atoms with E-state index in [1.54, 1.807) is 11.8 Å². The van der Waals surface area contributed by atoms with Crippen molar-refractivity contribution in [1.29, 1.82) is 0 Å². The lowest BCUT2D eigenvalue weighted by Crippen LogP contribution is -2.20. The molecule has 0 bridgehead atoms. The van der Waals surface area contributed by atoms with E-state index in [1.807, 2.05) is 56.3 Å². The average Bonchev–Trinajstić information content (AvgIpc) is 3.14. The van der Waals surface area contributed by atoms with Gasteiger partial charge in [0, 0.05) is 5.75 Å². The molecule has 1 N–H and O–H groups in total. The molecule has 1 atom stereocenters. The van der Waals surface area contributed by atoms with Crippen molar-refractivity contribution < 1.29 is 14.6 Å². The van der Waals surface area contributed by atoms with E-state index in [2.05, 4.69) is 15.5 Å². The Hall–Kier alpha value is -2.58. The molecule has 0 unspecified atom stereocenters. The summed E-state index contributed by atoms with van der Waals surface area (Å²) in [7, 11) is 1.61. The summed E-state index contributed by atoms with van der Waals surface area (Å²) in [5.74, 6) is 1.82. The second-order valence-corrected chi connectivity index (χ2v) is 7.12. The minimum absolute atomic E-state index is 0.200. The number of benzene rings is 2. The van der Waals surface area contributed by atoms with E-state index < -0.39 is 6.10 Å². The molecule has 0 saturated heterocycles. The molecule has 142 valence electrons. The predicted octanol–water partition coefficient (Wildman–Crippen LogP) is 2.82. The quantitative estimate of drug-likeness (QED) is 0.596. The summed E-state index contributed by atoms with van der Waals surface area (Å²) in [6, 6.07) is 13.5. The minimum Gasteiger partial charge on any atom is -0.494 e. The smallest absolute Gasteiger partial charge is 0.214 e. The first-order valence-corrected chi connectivity index (χ1v) is 9.49. The van der Waals surface area contributed by atoms with Crippen molar-refractivity contribution in [3.8, 4) is 17.2 Å². The first kappa shape index (κ1) is 19.2. The van der Waals surface area contributed by atoms with E-state index in [-0.39, 0.29) is 6.61 Å². The Morgan fingerprint density at radius 3 is 2.59 bits per heavy atom. The van der Waals surface area contributed by atoms with Crippen LogP contribution >= 0.6 is 11.8 Å². The van der Waals surface area contributed by atoms with Crippen molar-refractivity contribution >= 4 is 11.8 Å². The third-order valence-corrected chi connectivity index (χ3v) is 4.94. The second kappa shape index (κ2) is 8.88. The number of aliphatic hydroxyl groups is 1. The van der Waals surface area contributed by atoms with Crippen LogP contribution in [0.2, 0.25) is 0 Å². The highest BCUT2D eigenvalue weighted by atomic mass is 32.2. The Bertz CT molecular complexity index is 883. The van der Waals surface area contributed by atoms with Gasteiger partial charge in [-0.25, -0.2) is 0 Å². The lowest BCUT2D eigenvalue weighted by atomic mass is 10.2. The van der Waals surface area contributed by atoms with Crippen molar-refractivity contribution in [3.05, 3.63) is 53.6 Å². The summed E-state index contributed by atoms with van der Waals surface area (Å²) < 4.78 is 12.6. The van der Waals surface area contributed by atoms with Gasteiger partial charge in [0.15, 0.2) is 0 Å². The van der Waals surface area contributed by atoms with Crippen molar-refractivity contribution in [1.82, 2.24) is 20.2 Å². The van der Waals surface area contributed by atoms with Crippen LogP contribution in [-0.4, -0.2) is 50.9 Å². The highest BCUT2D eigenvalue weighted by molar-refractivity contribution is 7.99. The van der Waals surface area contributed by atoms with Crippen LogP contribution < -0.4 is 9.47 Å². The number of aryl methyl sites for hydroxylation is 2. The Morgan fingerprint density at radius 2 is 1.85 bits per heavy atom. The summed E-state index contributed by atoms with van der Waals surface area (Å²) in [5.41, 5.74) is 3.00. The van der Waals surface area contributed by atoms with E-state index >= 15 is 0 Å². The number of tetrazole rings is 1. The summed E-state index contributed by atoms with van der Waals surface area (Å²) in [4.78, 5) is 0. The van der Waals surface area contributed by atoms with Crippen molar-refractivity contribution in [2.75, 3.05) is 19.5 Å². The Kier molecular flexibility index (Phi) is 6.31. The molecule has 1 aromatic heterocycles. The number of hydrogen-bond donors (Lipinski definition) is 1.